The molecule has 1 fully saturated rings. The summed E-state index contributed by atoms with van der Waals surface area (Å²) in [5.41, 5.74) is 0.633. The maximum Gasteiger partial charge on any atom is 0.243 e. The number of sulfonamides is 1. The first-order chi connectivity index (χ1) is 12.3. The smallest absolute Gasteiger partial charge is 0.243 e. The first kappa shape index (κ1) is 20.7. The molecule has 1 unspecified atom stereocenters. The summed E-state index contributed by atoms with van der Waals surface area (Å²) in [6, 6.07) is 6.81. The Kier molecular flexibility index (Phi) is 7.46. The molecule has 0 saturated carbocycles. The molecule has 146 valence electrons. The molecule has 2 N–H and O–H groups in total. The molecule has 2 rings (SSSR count). The SMILES string of the molecule is CC(C)C(C)NC(=O)CNc1cccc(S(=O)(=O)N2CCCCCC2)c1. The first-order valence-corrected chi connectivity index (χ1v) is 10.9. The van der Waals surface area contributed by atoms with Crippen molar-refractivity contribution in [3.8, 4) is 0 Å². The Morgan fingerprint density at radius 1 is 1.12 bits per heavy atom. The minimum atomic E-state index is -3.48. The van der Waals surface area contributed by atoms with E-state index in [9.17, 15) is 13.2 Å². The number of nitrogens with one attached hydrogen (secondary N) is 2. The molecule has 0 spiro atoms. The van der Waals surface area contributed by atoms with E-state index in [1.54, 1.807) is 28.6 Å². The molecule has 0 aliphatic carbocycles. The van der Waals surface area contributed by atoms with E-state index >= 15 is 0 Å². The predicted octanol–water partition coefficient (Wildman–Crippen LogP) is 2.82. The number of rotatable bonds is 7. The lowest BCUT2D eigenvalue weighted by molar-refractivity contribution is -0.120. The highest BCUT2D eigenvalue weighted by Gasteiger charge is 2.25. The molecular formula is C19H31N3O3S. The Morgan fingerprint density at radius 2 is 1.77 bits per heavy atom. The van der Waals surface area contributed by atoms with Crippen LogP contribution in [0.3, 0.4) is 0 Å². The van der Waals surface area contributed by atoms with Gasteiger partial charge in [0.2, 0.25) is 15.9 Å². The fourth-order valence-corrected chi connectivity index (χ4v) is 4.42. The van der Waals surface area contributed by atoms with Crippen LogP contribution >= 0.6 is 0 Å². The monoisotopic (exact) mass is 381 g/mol. The first-order valence-electron chi connectivity index (χ1n) is 9.44. The molecule has 1 aliphatic heterocycles. The van der Waals surface area contributed by atoms with Crippen molar-refractivity contribution in [1.29, 1.82) is 0 Å². The lowest BCUT2D eigenvalue weighted by atomic mass is 10.1. The van der Waals surface area contributed by atoms with Gasteiger partial charge < -0.3 is 10.6 Å². The summed E-state index contributed by atoms with van der Waals surface area (Å²) in [6.07, 6.45) is 3.98. The zero-order valence-electron chi connectivity index (χ0n) is 16.0. The van der Waals surface area contributed by atoms with Gasteiger partial charge in [0, 0.05) is 24.8 Å². The third-order valence-electron chi connectivity index (χ3n) is 4.88. The van der Waals surface area contributed by atoms with E-state index in [0.29, 0.717) is 24.7 Å². The number of benzene rings is 1. The molecule has 0 radical (unpaired) electrons. The molecule has 7 heteroatoms. The summed E-state index contributed by atoms with van der Waals surface area (Å²) in [7, 11) is -3.48. The number of hydrogen-bond donors (Lipinski definition) is 2. The Labute approximate surface area is 157 Å². The van der Waals surface area contributed by atoms with Gasteiger partial charge in [0.05, 0.1) is 11.4 Å². The highest BCUT2D eigenvalue weighted by Crippen LogP contribution is 2.22. The predicted molar refractivity (Wildman–Crippen MR) is 105 cm³/mol. The Morgan fingerprint density at radius 3 is 2.38 bits per heavy atom. The van der Waals surface area contributed by atoms with E-state index in [0.717, 1.165) is 25.7 Å². The maximum atomic E-state index is 12.9. The van der Waals surface area contributed by atoms with E-state index < -0.39 is 10.0 Å². The lowest BCUT2D eigenvalue weighted by Gasteiger charge is -2.20. The topological polar surface area (TPSA) is 78.5 Å². The average Bonchev–Trinajstić information content (AvgIpc) is 2.90. The minimum absolute atomic E-state index is 0.0963. The molecular weight excluding hydrogens is 350 g/mol. The highest BCUT2D eigenvalue weighted by molar-refractivity contribution is 7.89. The molecule has 1 amide bonds. The standard InChI is InChI=1S/C19H31N3O3S/c1-15(2)16(3)21-19(23)14-20-17-9-8-10-18(13-17)26(24,25)22-11-6-4-5-7-12-22/h8-10,13,15-16,20H,4-7,11-12,14H2,1-3H3,(H,21,23). The Hall–Kier alpha value is -1.60. The maximum absolute atomic E-state index is 12.9. The van der Waals surface area contributed by atoms with Crippen molar-refractivity contribution in [2.24, 2.45) is 5.92 Å². The van der Waals surface area contributed by atoms with Gasteiger partial charge in [-0.05, 0) is 43.9 Å². The van der Waals surface area contributed by atoms with Crippen LogP contribution < -0.4 is 10.6 Å². The van der Waals surface area contributed by atoms with Crippen LogP contribution in [0.5, 0.6) is 0 Å². The van der Waals surface area contributed by atoms with Crippen molar-refractivity contribution in [2.45, 2.75) is 57.4 Å². The third kappa shape index (κ3) is 5.71. The van der Waals surface area contributed by atoms with Gasteiger partial charge in [-0.3, -0.25) is 4.79 Å². The van der Waals surface area contributed by atoms with Crippen LogP contribution in [0.4, 0.5) is 5.69 Å². The van der Waals surface area contributed by atoms with Crippen LogP contribution in [0.15, 0.2) is 29.2 Å². The van der Waals surface area contributed by atoms with Gasteiger partial charge in [-0.1, -0.05) is 32.8 Å². The van der Waals surface area contributed by atoms with Gasteiger partial charge in [0.25, 0.3) is 0 Å². The molecule has 1 aromatic rings. The fraction of sp³-hybridized carbons (Fsp3) is 0.632. The van der Waals surface area contributed by atoms with E-state index in [1.807, 2.05) is 6.92 Å². The largest absolute Gasteiger partial charge is 0.376 e. The van der Waals surface area contributed by atoms with Gasteiger partial charge in [-0.25, -0.2) is 8.42 Å². The number of nitrogens with zero attached hydrogens (tertiary/aromatic N) is 1. The summed E-state index contributed by atoms with van der Waals surface area (Å²) >= 11 is 0. The van der Waals surface area contributed by atoms with Gasteiger partial charge >= 0.3 is 0 Å². The highest BCUT2D eigenvalue weighted by atomic mass is 32.2. The Balaban J connectivity index is 2.01. The summed E-state index contributed by atoms with van der Waals surface area (Å²) in [5, 5.41) is 5.95. The van der Waals surface area contributed by atoms with Crippen LogP contribution in [-0.4, -0.2) is 44.3 Å². The van der Waals surface area contributed by atoms with Crippen LogP contribution in [0.1, 0.15) is 46.5 Å². The van der Waals surface area contributed by atoms with Gasteiger partial charge in [0.15, 0.2) is 0 Å². The van der Waals surface area contributed by atoms with Crippen molar-refractivity contribution >= 4 is 21.6 Å². The summed E-state index contributed by atoms with van der Waals surface area (Å²) in [6.45, 7) is 7.34. The molecule has 0 bridgehead atoms. The zero-order valence-corrected chi connectivity index (χ0v) is 16.8. The molecule has 1 saturated heterocycles. The van der Waals surface area contributed by atoms with Crippen LogP contribution in [-0.2, 0) is 14.8 Å². The van der Waals surface area contributed by atoms with Crippen LogP contribution in [0.25, 0.3) is 0 Å². The van der Waals surface area contributed by atoms with Crippen molar-refractivity contribution in [2.75, 3.05) is 25.0 Å². The number of carbonyl (C=O) groups is 1. The molecule has 1 heterocycles. The number of hydrogen-bond acceptors (Lipinski definition) is 4. The molecule has 1 aromatic carbocycles. The lowest BCUT2D eigenvalue weighted by Crippen LogP contribution is -2.39. The summed E-state index contributed by atoms with van der Waals surface area (Å²) < 4.78 is 27.3. The van der Waals surface area contributed by atoms with Gasteiger partial charge in [0.1, 0.15) is 0 Å². The van der Waals surface area contributed by atoms with Crippen molar-refractivity contribution in [3.63, 3.8) is 0 Å². The van der Waals surface area contributed by atoms with Crippen molar-refractivity contribution in [3.05, 3.63) is 24.3 Å². The number of carbonyl (C=O) groups excluding carboxylic acids is 1. The molecule has 0 aromatic heterocycles. The van der Waals surface area contributed by atoms with E-state index in [2.05, 4.69) is 24.5 Å². The Bertz CT molecular complexity index is 696. The second kappa shape index (κ2) is 9.37. The average molecular weight is 382 g/mol. The summed E-state index contributed by atoms with van der Waals surface area (Å²) in [5.74, 6) is 0.257. The van der Waals surface area contributed by atoms with E-state index in [4.69, 9.17) is 0 Å². The minimum Gasteiger partial charge on any atom is -0.376 e. The fourth-order valence-electron chi connectivity index (χ4n) is 2.85. The summed E-state index contributed by atoms with van der Waals surface area (Å²) in [4.78, 5) is 12.3. The second-order valence-electron chi connectivity index (χ2n) is 7.30. The third-order valence-corrected chi connectivity index (χ3v) is 6.77. The molecule has 26 heavy (non-hydrogen) atoms. The van der Waals surface area contributed by atoms with Crippen LogP contribution in [0, 0.1) is 5.92 Å². The van der Waals surface area contributed by atoms with Gasteiger partial charge in [-0.15, -0.1) is 0 Å². The molecule has 1 atom stereocenters. The van der Waals surface area contributed by atoms with Crippen LogP contribution in [0.2, 0.25) is 0 Å². The zero-order chi connectivity index (χ0) is 19.2. The van der Waals surface area contributed by atoms with Crippen molar-refractivity contribution < 1.29 is 13.2 Å². The molecule has 1 aliphatic rings. The number of amides is 1. The van der Waals surface area contributed by atoms with E-state index in [1.165, 1.54) is 0 Å². The quantitative estimate of drug-likeness (QED) is 0.761. The molecule has 6 nitrogen and oxygen atoms in total. The number of anilines is 1. The normalized spacial score (nSPS) is 17.5. The second-order valence-corrected chi connectivity index (χ2v) is 9.24. The van der Waals surface area contributed by atoms with E-state index in [-0.39, 0.29) is 23.4 Å². The van der Waals surface area contributed by atoms with Gasteiger partial charge in [-0.2, -0.15) is 4.31 Å². The van der Waals surface area contributed by atoms with Crippen molar-refractivity contribution in [1.82, 2.24) is 9.62 Å².